The summed E-state index contributed by atoms with van der Waals surface area (Å²) >= 11 is 0. The van der Waals surface area contributed by atoms with E-state index in [2.05, 4.69) is 16.0 Å². The van der Waals surface area contributed by atoms with Crippen molar-refractivity contribution in [3.63, 3.8) is 0 Å². The molecule has 29 heavy (non-hydrogen) atoms. The third-order valence-corrected chi connectivity index (χ3v) is 4.10. The number of imide groups is 1. The van der Waals surface area contributed by atoms with Crippen LogP contribution in [0.1, 0.15) is 0 Å². The Balaban J connectivity index is 1.56. The van der Waals surface area contributed by atoms with Crippen LogP contribution in [0.3, 0.4) is 0 Å². The van der Waals surface area contributed by atoms with Crippen LogP contribution in [0.25, 0.3) is 0 Å². The van der Waals surface area contributed by atoms with Crippen LogP contribution in [-0.4, -0.2) is 48.1 Å². The summed E-state index contributed by atoms with van der Waals surface area (Å²) in [7, 11) is 1.57. The number of benzene rings is 2. The van der Waals surface area contributed by atoms with Crippen LogP contribution < -0.4 is 20.7 Å². The third kappa shape index (κ3) is 4.90. The zero-order valence-electron chi connectivity index (χ0n) is 15.6. The van der Waals surface area contributed by atoms with E-state index in [1.165, 1.54) is 6.08 Å². The van der Waals surface area contributed by atoms with Gasteiger partial charge in [0.05, 0.1) is 20.3 Å². The predicted octanol–water partition coefficient (Wildman–Crippen LogP) is 2.00. The highest BCUT2D eigenvalue weighted by atomic mass is 16.5. The van der Waals surface area contributed by atoms with E-state index in [0.29, 0.717) is 22.8 Å². The zero-order chi connectivity index (χ0) is 20.8. The van der Waals surface area contributed by atoms with E-state index < -0.39 is 17.8 Å². The van der Waals surface area contributed by atoms with E-state index in [9.17, 15) is 14.4 Å². The number of β-amino-alcohol motifs (C(OH)–C–C–N with tert-alkyl or cyclic N) is 1. The van der Waals surface area contributed by atoms with Crippen LogP contribution in [-0.2, 0) is 9.59 Å². The number of aliphatic hydroxyl groups excluding tert-OH is 1. The molecule has 0 bridgehead atoms. The number of methoxy groups -OCH3 is 1. The van der Waals surface area contributed by atoms with Gasteiger partial charge < -0.3 is 25.8 Å². The summed E-state index contributed by atoms with van der Waals surface area (Å²) in [6.07, 6.45) is 1.19. The van der Waals surface area contributed by atoms with Crippen molar-refractivity contribution in [2.24, 2.45) is 0 Å². The predicted molar refractivity (Wildman–Crippen MR) is 108 cm³/mol. The summed E-state index contributed by atoms with van der Waals surface area (Å²) < 4.78 is 5.07. The number of urea groups is 1. The summed E-state index contributed by atoms with van der Waals surface area (Å²) in [6.45, 7) is -0.344. The Bertz CT molecular complexity index is 938. The first kappa shape index (κ1) is 19.9. The lowest BCUT2D eigenvalue weighted by molar-refractivity contribution is -0.137. The molecule has 0 aliphatic carbocycles. The van der Waals surface area contributed by atoms with Gasteiger partial charge in [0.15, 0.2) is 0 Å². The maximum Gasteiger partial charge on any atom is 0.323 e. The molecule has 150 valence electrons. The number of nitrogens with one attached hydrogen (secondary N) is 3. The minimum Gasteiger partial charge on any atom is -0.497 e. The topological polar surface area (TPSA) is 120 Å². The number of carbonyl (C=O) groups excluding carboxylic acids is 3. The number of aliphatic hydroxyl groups is 1. The molecule has 4 amide bonds. The normalized spacial score (nSPS) is 13.2. The number of anilines is 3. The molecule has 3 rings (SSSR count). The fourth-order valence-electron chi connectivity index (χ4n) is 2.67. The second-order valence-corrected chi connectivity index (χ2v) is 6.09. The average Bonchev–Trinajstić information content (AvgIpc) is 2.98. The van der Waals surface area contributed by atoms with Gasteiger partial charge in [-0.3, -0.25) is 14.5 Å². The third-order valence-electron chi connectivity index (χ3n) is 4.10. The van der Waals surface area contributed by atoms with Crippen molar-refractivity contribution in [3.8, 4) is 5.75 Å². The van der Waals surface area contributed by atoms with Crippen molar-refractivity contribution < 1.29 is 24.2 Å². The first-order valence-electron chi connectivity index (χ1n) is 8.77. The Hall–Kier alpha value is -3.85. The van der Waals surface area contributed by atoms with Gasteiger partial charge in [0.1, 0.15) is 11.4 Å². The average molecular weight is 396 g/mol. The van der Waals surface area contributed by atoms with E-state index in [1.807, 2.05) is 0 Å². The molecule has 0 radical (unpaired) electrons. The van der Waals surface area contributed by atoms with Crippen LogP contribution in [0.2, 0.25) is 0 Å². The quantitative estimate of drug-likeness (QED) is 0.532. The van der Waals surface area contributed by atoms with Gasteiger partial charge >= 0.3 is 6.03 Å². The second-order valence-electron chi connectivity index (χ2n) is 6.09. The van der Waals surface area contributed by atoms with Crippen molar-refractivity contribution in [2.45, 2.75) is 0 Å². The summed E-state index contributed by atoms with van der Waals surface area (Å²) in [5.74, 6) is -0.277. The van der Waals surface area contributed by atoms with E-state index in [4.69, 9.17) is 9.84 Å². The van der Waals surface area contributed by atoms with Crippen LogP contribution in [0.15, 0.2) is 60.3 Å². The van der Waals surface area contributed by atoms with Gasteiger partial charge in [0.25, 0.3) is 11.8 Å². The smallest absolute Gasteiger partial charge is 0.323 e. The fourth-order valence-corrected chi connectivity index (χ4v) is 2.67. The highest BCUT2D eigenvalue weighted by Crippen LogP contribution is 2.20. The van der Waals surface area contributed by atoms with E-state index in [1.54, 1.807) is 55.6 Å². The Labute approximate surface area is 167 Å². The van der Waals surface area contributed by atoms with Gasteiger partial charge in [-0.25, -0.2) is 4.79 Å². The Morgan fingerprint density at radius 1 is 0.966 bits per heavy atom. The molecule has 1 heterocycles. The number of hydrogen-bond donors (Lipinski definition) is 4. The molecule has 0 atom stereocenters. The minimum absolute atomic E-state index is 0.0501. The summed E-state index contributed by atoms with van der Waals surface area (Å²) in [5.41, 5.74) is 1.86. The molecule has 2 aromatic carbocycles. The summed E-state index contributed by atoms with van der Waals surface area (Å²) in [6, 6.07) is 13.1. The SMILES string of the molecule is COc1ccc(NC(=O)Nc2ccc(NC3=CC(=O)N(CCO)C3=O)cc2)cc1. The first-order valence-corrected chi connectivity index (χ1v) is 8.77. The van der Waals surface area contributed by atoms with E-state index in [-0.39, 0.29) is 18.8 Å². The Kier molecular flexibility index (Phi) is 6.10. The molecule has 0 saturated carbocycles. The standard InChI is InChI=1S/C20H20N4O5/c1-29-16-8-6-15(7-9-16)23-20(28)22-14-4-2-13(3-5-14)21-17-12-18(26)24(10-11-25)19(17)27/h2-9,12,21,25H,10-11H2,1H3,(H2,22,23,28). The summed E-state index contributed by atoms with van der Waals surface area (Å²) in [4.78, 5) is 36.9. The second kappa shape index (κ2) is 8.89. The minimum atomic E-state index is -0.495. The Morgan fingerprint density at radius 2 is 1.52 bits per heavy atom. The lowest BCUT2D eigenvalue weighted by Crippen LogP contribution is -2.34. The maximum absolute atomic E-state index is 12.1. The van der Waals surface area contributed by atoms with E-state index >= 15 is 0 Å². The van der Waals surface area contributed by atoms with Crippen molar-refractivity contribution in [3.05, 3.63) is 60.3 Å². The molecule has 9 nitrogen and oxygen atoms in total. The molecule has 4 N–H and O–H groups in total. The van der Waals surface area contributed by atoms with Crippen LogP contribution in [0, 0.1) is 0 Å². The molecule has 2 aromatic rings. The van der Waals surface area contributed by atoms with Gasteiger partial charge in [-0.2, -0.15) is 0 Å². The van der Waals surface area contributed by atoms with Crippen molar-refractivity contribution in [2.75, 3.05) is 36.2 Å². The number of rotatable bonds is 7. The molecular weight excluding hydrogens is 376 g/mol. The number of carbonyl (C=O) groups is 3. The van der Waals surface area contributed by atoms with E-state index in [0.717, 1.165) is 4.90 Å². The maximum atomic E-state index is 12.1. The zero-order valence-corrected chi connectivity index (χ0v) is 15.6. The number of ether oxygens (including phenoxy) is 1. The molecule has 9 heteroatoms. The van der Waals surface area contributed by atoms with Gasteiger partial charge in [0, 0.05) is 23.1 Å². The first-order chi connectivity index (χ1) is 14.0. The highest BCUT2D eigenvalue weighted by molar-refractivity contribution is 6.17. The molecule has 0 fully saturated rings. The highest BCUT2D eigenvalue weighted by Gasteiger charge is 2.30. The molecule has 0 spiro atoms. The van der Waals surface area contributed by atoms with Crippen LogP contribution >= 0.6 is 0 Å². The van der Waals surface area contributed by atoms with Gasteiger partial charge in [0.2, 0.25) is 0 Å². The largest absolute Gasteiger partial charge is 0.497 e. The van der Waals surface area contributed by atoms with Crippen molar-refractivity contribution in [1.82, 2.24) is 4.90 Å². The van der Waals surface area contributed by atoms with Crippen molar-refractivity contribution in [1.29, 1.82) is 0 Å². The molecule has 0 saturated heterocycles. The lowest BCUT2D eigenvalue weighted by Gasteiger charge is -2.13. The number of nitrogens with zero attached hydrogens (tertiary/aromatic N) is 1. The van der Waals surface area contributed by atoms with Crippen LogP contribution in [0.5, 0.6) is 5.75 Å². The van der Waals surface area contributed by atoms with Crippen LogP contribution in [0.4, 0.5) is 21.9 Å². The summed E-state index contributed by atoms with van der Waals surface area (Å²) in [5, 5.41) is 17.2. The van der Waals surface area contributed by atoms with Gasteiger partial charge in [-0.15, -0.1) is 0 Å². The van der Waals surface area contributed by atoms with Gasteiger partial charge in [-0.05, 0) is 48.5 Å². The molecule has 1 aliphatic heterocycles. The van der Waals surface area contributed by atoms with Crippen molar-refractivity contribution >= 4 is 34.9 Å². The molecular formula is C20H20N4O5. The fraction of sp³-hybridized carbons (Fsp3) is 0.150. The molecule has 1 aliphatic rings. The van der Waals surface area contributed by atoms with Gasteiger partial charge in [-0.1, -0.05) is 0 Å². The molecule has 0 aromatic heterocycles. The number of hydrogen-bond acceptors (Lipinski definition) is 6. The molecule has 0 unspecified atom stereocenters. The monoisotopic (exact) mass is 396 g/mol. The number of amides is 4. The Morgan fingerprint density at radius 3 is 2.07 bits per heavy atom. The lowest BCUT2D eigenvalue weighted by atomic mass is 10.2.